The molecule has 0 atom stereocenters. The van der Waals surface area contributed by atoms with Gasteiger partial charge in [0.25, 0.3) is 0 Å². The normalized spacial score (nSPS) is 27.6. The maximum absolute atomic E-state index is 12.1. The van der Waals surface area contributed by atoms with Crippen LogP contribution in [0.25, 0.3) is 0 Å². The predicted molar refractivity (Wildman–Crippen MR) is 77.8 cm³/mol. The van der Waals surface area contributed by atoms with E-state index in [4.69, 9.17) is 0 Å². The van der Waals surface area contributed by atoms with Gasteiger partial charge in [0, 0.05) is 26.0 Å². The highest BCUT2D eigenvalue weighted by Gasteiger charge is 2.33. The van der Waals surface area contributed by atoms with Gasteiger partial charge >= 0.3 is 0 Å². The molecule has 2 N–H and O–H groups in total. The highest BCUT2D eigenvalue weighted by Crippen LogP contribution is 2.33. The molecule has 0 saturated heterocycles. The monoisotopic (exact) mass is 300 g/mol. The Hall–Kier alpha value is -0.850. The summed E-state index contributed by atoms with van der Waals surface area (Å²) in [5.74, 6) is 0.668. The number of rotatable bonds is 5. The second-order valence-electron chi connectivity index (χ2n) is 5.91. The fraction of sp³-hybridized carbons (Fsp3) is 0.714. The molecule has 1 aliphatic carbocycles. The van der Waals surface area contributed by atoms with E-state index < -0.39 is 15.6 Å². The Morgan fingerprint density at radius 1 is 1.45 bits per heavy atom. The zero-order chi connectivity index (χ0) is 14.8. The van der Waals surface area contributed by atoms with Crippen molar-refractivity contribution in [1.29, 1.82) is 0 Å². The van der Waals surface area contributed by atoms with E-state index in [9.17, 15) is 13.5 Å². The molecule has 20 heavy (non-hydrogen) atoms. The minimum Gasteiger partial charge on any atom is -0.389 e. The number of aliphatic hydroxyl groups is 1. The molecular formula is C14H24N2O3S. The highest BCUT2D eigenvalue weighted by molar-refractivity contribution is 7.89. The lowest BCUT2D eigenvalue weighted by Gasteiger charge is -2.35. The molecule has 1 aliphatic rings. The van der Waals surface area contributed by atoms with Gasteiger partial charge in [-0.25, -0.2) is 13.1 Å². The van der Waals surface area contributed by atoms with Gasteiger partial charge in [0.05, 0.1) is 10.5 Å². The molecule has 114 valence electrons. The summed E-state index contributed by atoms with van der Waals surface area (Å²) in [7, 11) is -1.75. The van der Waals surface area contributed by atoms with Crippen LogP contribution in [0.5, 0.6) is 0 Å². The van der Waals surface area contributed by atoms with Gasteiger partial charge in [-0.15, -0.1) is 0 Å². The largest absolute Gasteiger partial charge is 0.389 e. The highest BCUT2D eigenvalue weighted by atomic mass is 32.2. The molecule has 1 aromatic heterocycles. The molecule has 5 nitrogen and oxygen atoms in total. The summed E-state index contributed by atoms with van der Waals surface area (Å²) in [6.07, 6.45) is 7.66. The van der Waals surface area contributed by atoms with Crippen molar-refractivity contribution in [3.05, 3.63) is 18.5 Å². The first kappa shape index (κ1) is 15.5. The van der Waals surface area contributed by atoms with Gasteiger partial charge in [-0.2, -0.15) is 0 Å². The van der Waals surface area contributed by atoms with Crippen molar-refractivity contribution in [3.63, 3.8) is 0 Å². The molecule has 0 bridgehead atoms. The molecule has 0 spiro atoms. The van der Waals surface area contributed by atoms with E-state index in [1.54, 1.807) is 30.1 Å². The zero-order valence-corrected chi connectivity index (χ0v) is 13.0. The fourth-order valence-electron chi connectivity index (χ4n) is 2.75. The lowest BCUT2D eigenvalue weighted by atomic mass is 9.78. The van der Waals surface area contributed by atoms with Crippen LogP contribution in [-0.2, 0) is 17.1 Å². The van der Waals surface area contributed by atoms with E-state index in [0.717, 1.165) is 19.3 Å². The second kappa shape index (κ2) is 5.87. The molecule has 1 heterocycles. The molecule has 0 aliphatic heterocycles. The Morgan fingerprint density at radius 2 is 2.10 bits per heavy atom. The van der Waals surface area contributed by atoms with Gasteiger partial charge in [0.2, 0.25) is 10.0 Å². The fourth-order valence-corrected chi connectivity index (χ4v) is 3.92. The van der Waals surface area contributed by atoms with Crippen LogP contribution in [0.3, 0.4) is 0 Å². The summed E-state index contributed by atoms with van der Waals surface area (Å²) in [4.78, 5) is 0.242. The molecule has 0 radical (unpaired) electrons. The summed E-state index contributed by atoms with van der Waals surface area (Å²) in [6, 6.07) is 1.56. The minimum absolute atomic E-state index is 0.0979. The van der Waals surface area contributed by atoms with Crippen molar-refractivity contribution in [2.24, 2.45) is 13.0 Å². The maximum Gasteiger partial charge on any atom is 0.242 e. The lowest BCUT2D eigenvalue weighted by molar-refractivity contribution is -0.00442. The van der Waals surface area contributed by atoms with E-state index in [-0.39, 0.29) is 11.4 Å². The van der Waals surface area contributed by atoms with Crippen molar-refractivity contribution >= 4 is 10.0 Å². The molecule has 0 aromatic carbocycles. The Bertz CT molecular complexity index is 543. The van der Waals surface area contributed by atoms with E-state index in [1.807, 2.05) is 0 Å². The molecular weight excluding hydrogens is 276 g/mol. The summed E-state index contributed by atoms with van der Waals surface area (Å²) in [5, 5.41) is 10.5. The molecule has 1 fully saturated rings. The topological polar surface area (TPSA) is 71.3 Å². The second-order valence-corrected chi connectivity index (χ2v) is 7.68. The zero-order valence-electron chi connectivity index (χ0n) is 12.2. The van der Waals surface area contributed by atoms with Crippen molar-refractivity contribution in [3.8, 4) is 0 Å². The van der Waals surface area contributed by atoms with Gasteiger partial charge < -0.3 is 9.67 Å². The summed E-state index contributed by atoms with van der Waals surface area (Å²) in [5.41, 5.74) is -0.895. The van der Waals surface area contributed by atoms with Crippen LogP contribution in [0.1, 0.15) is 39.0 Å². The average Bonchev–Trinajstić information content (AvgIpc) is 2.85. The first-order chi connectivity index (χ1) is 9.35. The predicted octanol–water partition coefficient (Wildman–Crippen LogP) is 1.63. The van der Waals surface area contributed by atoms with Crippen LogP contribution >= 0.6 is 0 Å². The number of hydrogen-bond acceptors (Lipinski definition) is 3. The SMILES string of the molecule is CCC1CCC(O)(CNS(=O)(=O)c2ccn(C)c2)CC1. The third kappa shape index (κ3) is 3.62. The summed E-state index contributed by atoms with van der Waals surface area (Å²) >= 11 is 0. The molecule has 1 aromatic rings. The molecule has 1 saturated carbocycles. The van der Waals surface area contributed by atoms with Crippen LogP contribution < -0.4 is 4.72 Å². The smallest absolute Gasteiger partial charge is 0.242 e. The Morgan fingerprint density at radius 3 is 2.60 bits per heavy atom. The minimum atomic E-state index is -3.53. The van der Waals surface area contributed by atoms with Crippen LogP contribution in [0.4, 0.5) is 0 Å². The van der Waals surface area contributed by atoms with Crippen LogP contribution in [-0.4, -0.2) is 30.2 Å². The Kier molecular flexibility index (Phi) is 4.56. The summed E-state index contributed by atoms with van der Waals surface area (Å²) in [6.45, 7) is 2.26. The maximum atomic E-state index is 12.1. The van der Waals surface area contributed by atoms with E-state index >= 15 is 0 Å². The van der Waals surface area contributed by atoms with Gasteiger partial charge in [0.15, 0.2) is 0 Å². The van der Waals surface area contributed by atoms with Gasteiger partial charge in [0.1, 0.15) is 0 Å². The van der Waals surface area contributed by atoms with Crippen LogP contribution in [0, 0.1) is 5.92 Å². The summed E-state index contributed by atoms with van der Waals surface area (Å²) < 4.78 is 28.5. The standard InChI is InChI=1S/C14H24N2O3S/c1-3-12-4-7-14(17,8-5-12)11-15-20(18,19)13-6-9-16(2)10-13/h6,9-10,12,15,17H,3-5,7-8,11H2,1-2H3. The van der Waals surface area contributed by atoms with Crippen LogP contribution in [0.2, 0.25) is 0 Å². The Labute approximate surface area is 121 Å². The number of nitrogens with zero attached hydrogens (tertiary/aromatic N) is 1. The molecule has 0 amide bonds. The van der Waals surface area contributed by atoms with Crippen molar-refractivity contribution in [1.82, 2.24) is 9.29 Å². The first-order valence-electron chi connectivity index (χ1n) is 7.19. The third-order valence-corrected chi connectivity index (χ3v) is 5.71. The molecule has 6 heteroatoms. The van der Waals surface area contributed by atoms with Crippen molar-refractivity contribution < 1.29 is 13.5 Å². The molecule has 0 unspecified atom stereocenters. The third-order valence-electron chi connectivity index (χ3n) is 4.32. The van der Waals surface area contributed by atoms with Crippen LogP contribution in [0.15, 0.2) is 23.4 Å². The van der Waals surface area contributed by atoms with E-state index in [2.05, 4.69) is 11.6 Å². The number of hydrogen-bond donors (Lipinski definition) is 2. The average molecular weight is 300 g/mol. The number of nitrogens with one attached hydrogen (secondary N) is 1. The molecule has 2 rings (SSSR count). The quantitative estimate of drug-likeness (QED) is 0.868. The van der Waals surface area contributed by atoms with Gasteiger partial charge in [-0.1, -0.05) is 13.3 Å². The first-order valence-corrected chi connectivity index (χ1v) is 8.67. The van der Waals surface area contributed by atoms with E-state index in [1.165, 1.54) is 0 Å². The lowest BCUT2D eigenvalue weighted by Crippen LogP contribution is -2.45. The van der Waals surface area contributed by atoms with Crippen molar-refractivity contribution in [2.75, 3.05) is 6.54 Å². The van der Waals surface area contributed by atoms with Gasteiger partial charge in [-0.05, 0) is 37.7 Å². The Balaban J connectivity index is 1.95. The number of aromatic nitrogens is 1. The number of sulfonamides is 1. The van der Waals surface area contributed by atoms with Gasteiger partial charge in [-0.3, -0.25) is 0 Å². The number of aryl methyl sites for hydroxylation is 1. The van der Waals surface area contributed by atoms with E-state index in [0.29, 0.717) is 18.8 Å². The van der Waals surface area contributed by atoms with Crippen molar-refractivity contribution in [2.45, 2.75) is 49.5 Å².